The van der Waals surface area contributed by atoms with Crippen LogP contribution in [-0.4, -0.2) is 29.4 Å². The van der Waals surface area contributed by atoms with E-state index >= 15 is 0 Å². The predicted octanol–water partition coefficient (Wildman–Crippen LogP) is 3.39. The molecule has 1 N–H and O–H groups in total. The largest absolute Gasteiger partial charge is 0.494 e. The van der Waals surface area contributed by atoms with Crippen LogP contribution < -0.4 is 10.1 Å². The van der Waals surface area contributed by atoms with Crippen molar-refractivity contribution in [1.29, 1.82) is 0 Å². The first-order valence-electron chi connectivity index (χ1n) is 8.50. The zero-order valence-electron chi connectivity index (χ0n) is 14.4. The van der Waals surface area contributed by atoms with Crippen molar-refractivity contribution in [3.05, 3.63) is 60.2 Å². The average molecular weight is 338 g/mol. The van der Waals surface area contributed by atoms with Crippen LogP contribution in [-0.2, 0) is 9.59 Å². The van der Waals surface area contributed by atoms with E-state index in [9.17, 15) is 9.59 Å². The van der Waals surface area contributed by atoms with Crippen LogP contribution in [0.2, 0.25) is 0 Å². The van der Waals surface area contributed by atoms with Gasteiger partial charge in [-0.2, -0.15) is 0 Å². The van der Waals surface area contributed by atoms with Crippen LogP contribution in [0.25, 0.3) is 0 Å². The second-order valence-corrected chi connectivity index (χ2v) is 6.05. The maximum Gasteiger partial charge on any atom is 0.252 e. The van der Waals surface area contributed by atoms with Gasteiger partial charge in [-0.1, -0.05) is 30.3 Å². The van der Waals surface area contributed by atoms with Crippen LogP contribution in [0.5, 0.6) is 5.75 Å². The van der Waals surface area contributed by atoms with E-state index in [0.717, 1.165) is 17.0 Å². The normalized spacial score (nSPS) is 18.3. The van der Waals surface area contributed by atoms with Gasteiger partial charge in [0.15, 0.2) is 0 Å². The molecule has 2 aromatic rings. The molecule has 0 spiro atoms. The first-order chi connectivity index (χ1) is 12.1. The molecule has 2 amide bonds. The lowest BCUT2D eigenvalue weighted by Crippen LogP contribution is -2.36. The SMILES string of the molecule is CCOc1ccc(N[C@H]2CC(=O)N([C@H](C)c3ccccc3)C2=O)cc1. The Kier molecular flexibility index (Phi) is 5.03. The van der Waals surface area contributed by atoms with Crippen LogP contribution in [0.3, 0.4) is 0 Å². The summed E-state index contributed by atoms with van der Waals surface area (Å²) in [5, 5.41) is 3.16. The van der Waals surface area contributed by atoms with Gasteiger partial charge in [-0.15, -0.1) is 0 Å². The minimum atomic E-state index is -0.531. The molecule has 25 heavy (non-hydrogen) atoms. The summed E-state index contributed by atoms with van der Waals surface area (Å²) < 4.78 is 5.41. The van der Waals surface area contributed by atoms with Gasteiger partial charge in [-0.25, -0.2) is 0 Å². The maximum atomic E-state index is 12.7. The molecule has 3 rings (SSSR count). The molecule has 5 nitrogen and oxygen atoms in total. The van der Waals surface area contributed by atoms with Crippen LogP contribution >= 0.6 is 0 Å². The number of nitrogens with zero attached hydrogens (tertiary/aromatic N) is 1. The van der Waals surface area contributed by atoms with Crippen molar-refractivity contribution >= 4 is 17.5 Å². The standard InChI is InChI=1S/C20H22N2O3/c1-3-25-17-11-9-16(10-12-17)21-18-13-19(23)22(20(18)24)14(2)15-7-5-4-6-8-15/h4-12,14,18,21H,3,13H2,1-2H3/t14-,18+/m1/s1. The van der Waals surface area contributed by atoms with Crippen LogP contribution in [0.1, 0.15) is 31.9 Å². The van der Waals surface area contributed by atoms with Crippen molar-refractivity contribution in [2.24, 2.45) is 0 Å². The number of carbonyl (C=O) groups is 2. The fourth-order valence-electron chi connectivity index (χ4n) is 3.07. The Labute approximate surface area is 147 Å². The average Bonchev–Trinajstić information content (AvgIpc) is 2.90. The van der Waals surface area contributed by atoms with Gasteiger partial charge < -0.3 is 10.1 Å². The third kappa shape index (κ3) is 3.65. The number of likely N-dealkylation sites (tertiary alicyclic amines) is 1. The van der Waals surface area contributed by atoms with Gasteiger partial charge in [0.25, 0.3) is 5.91 Å². The number of hydrogen-bond donors (Lipinski definition) is 1. The second-order valence-electron chi connectivity index (χ2n) is 6.05. The second kappa shape index (κ2) is 7.38. The summed E-state index contributed by atoms with van der Waals surface area (Å²) in [7, 11) is 0. The number of imide groups is 1. The van der Waals surface area contributed by atoms with Crippen molar-refractivity contribution < 1.29 is 14.3 Å². The summed E-state index contributed by atoms with van der Waals surface area (Å²) in [6.45, 7) is 4.41. The molecule has 0 saturated carbocycles. The molecular formula is C20H22N2O3. The highest BCUT2D eigenvalue weighted by Crippen LogP contribution is 2.28. The molecule has 5 heteroatoms. The zero-order valence-corrected chi connectivity index (χ0v) is 14.4. The highest BCUT2D eigenvalue weighted by Gasteiger charge is 2.41. The van der Waals surface area contributed by atoms with Crippen molar-refractivity contribution in [2.45, 2.75) is 32.4 Å². The first kappa shape index (κ1) is 17.0. The molecule has 1 heterocycles. The maximum absolute atomic E-state index is 12.7. The molecule has 1 saturated heterocycles. The summed E-state index contributed by atoms with van der Waals surface area (Å²) in [6.07, 6.45) is 0.170. The summed E-state index contributed by atoms with van der Waals surface area (Å²) >= 11 is 0. The topological polar surface area (TPSA) is 58.6 Å². The van der Waals surface area contributed by atoms with E-state index in [-0.39, 0.29) is 24.3 Å². The molecule has 1 aliphatic rings. The van der Waals surface area contributed by atoms with E-state index < -0.39 is 6.04 Å². The molecule has 0 unspecified atom stereocenters. The van der Waals surface area contributed by atoms with Crippen molar-refractivity contribution in [1.82, 2.24) is 4.90 Å². The van der Waals surface area contributed by atoms with Gasteiger partial charge in [0.2, 0.25) is 5.91 Å². The Balaban J connectivity index is 1.70. The highest BCUT2D eigenvalue weighted by atomic mass is 16.5. The van der Waals surface area contributed by atoms with E-state index in [1.54, 1.807) is 0 Å². The number of hydrogen-bond acceptors (Lipinski definition) is 4. The van der Waals surface area contributed by atoms with Crippen molar-refractivity contribution in [2.75, 3.05) is 11.9 Å². The number of benzene rings is 2. The predicted molar refractivity (Wildman–Crippen MR) is 96.3 cm³/mol. The fourth-order valence-corrected chi connectivity index (χ4v) is 3.07. The van der Waals surface area contributed by atoms with Gasteiger partial charge in [-0.3, -0.25) is 14.5 Å². The Morgan fingerprint density at radius 1 is 1.12 bits per heavy atom. The number of nitrogens with one attached hydrogen (secondary N) is 1. The molecule has 1 fully saturated rings. The fraction of sp³-hybridized carbons (Fsp3) is 0.300. The van der Waals surface area contributed by atoms with E-state index in [0.29, 0.717) is 6.61 Å². The number of rotatable bonds is 6. The summed E-state index contributed by atoms with van der Waals surface area (Å²) in [5.74, 6) is 0.446. The molecule has 0 aromatic heterocycles. The lowest BCUT2D eigenvalue weighted by Gasteiger charge is -2.23. The Morgan fingerprint density at radius 3 is 2.44 bits per heavy atom. The lowest BCUT2D eigenvalue weighted by molar-refractivity contribution is -0.141. The molecule has 1 aliphatic heterocycles. The molecule has 0 radical (unpaired) electrons. The van der Waals surface area contributed by atoms with E-state index in [2.05, 4.69) is 5.32 Å². The molecule has 0 aliphatic carbocycles. The summed E-state index contributed by atoms with van der Waals surface area (Å²) in [5.41, 5.74) is 1.75. The van der Waals surface area contributed by atoms with Gasteiger partial charge in [0.05, 0.1) is 19.1 Å². The van der Waals surface area contributed by atoms with Crippen LogP contribution in [0, 0.1) is 0 Å². The molecule has 2 aromatic carbocycles. The van der Waals surface area contributed by atoms with E-state index in [1.165, 1.54) is 4.90 Å². The van der Waals surface area contributed by atoms with Crippen molar-refractivity contribution in [3.8, 4) is 5.75 Å². The Hall–Kier alpha value is -2.82. The third-order valence-corrected chi connectivity index (χ3v) is 4.36. The Bertz CT molecular complexity index is 743. The number of ether oxygens (including phenoxy) is 1. The molecule has 0 bridgehead atoms. The minimum Gasteiger partial charge on any atom is -0.494 e. The van der Waals surface area contributed by atoms with Crippen LogP contribution in [0.15, 0.2) is 54.6 Å². The van der Waals surface area contributed by atoms with Gasteiger partial charge in [0, 0.05) is 5.69 Å². The minimum absolute atomic E-state index is 0.148. The zero-order chi connectivity index (χ0) is 17.8. The number of anilines is 1. The smallest absolute Gasteiger partial charge is 0.252 e. The van der Waals surface area contributed by atoms with Crippen LogP contribution in [0.4, 0.5) is 5.69 Å². The molecular weight excluding hydrogens is 316 g/mol. The van der Waals surface area contributed by atoms with Gasteiger partial charge >= 0.3 is 0 Å². The van der Waals surface area contributed by atoms with E-state index in [1.807, 2.05) is 68.4 Å². The lowest BCUT2D eigenvalue weighted by atomic mass is 10.1. The highest BCUT2D eigenvalue weighted by molar-refractivity contribution is 6.07. The van der Waals surface area contributed by atoms with Crippen molar-refractivity contribution in [3.63, 3.8) is 0 Å². The first-order valence-corrected chi connectivity index (χ1v) is 8.50. The molecule has 130 valence electrons. The quantitative estimate of drug-likeness (QED) is 0.820. The summed E-state index contributed by atoms with van der Waals surface area (Å²) in [6, 6.07) is 16.2. The Morgan fingerprint density at radius 2 is 1.80 bits per heavy atom. The monoisotopic (exact) mass is 338 g/mol. The number of carbonyl (C=O) groups excluding carboxylic acids is 2. The van der Waals surface area contributed by atoms with E-state index in [4.69, 9.17) is 4.74 Å². The summed E-state index contributed by atoms with van der Waals surface area (Å²) in [4.78, 5) is 26.5. The number of amides is 2. The van der Waals surface area contributed by atoms with Gasteiger partial charge in [-0.05, 0) is 43.7 Å². The third-order valence-electron chi connectivity index (χ3n) is 4.36. The van der Waals surface area contributed by atoms with Gasteiger partial charge in [0.1, 0.15) is 11.8 Å². The molecule has 2 atom stereocenters.